The zero-order valence-electron chi connectivity index (χ0n) is 10.8. The van der Waals surface area contributed by atoms with Gasteiger partial charge in [-0.2, -0.15) is 0 Å². The van der Waals surface area contributed by atoms with E-state index in [-0.39, 0.29) is 16.5 Å². The van der Waals surface area contributed by atoms with E-state index in [0.717, 1.165) is 24.6 Å². The number of hydrogen-bond acceptors (Lipinski definition) is 3. The summed E-state index contributed by atoms with van der Waals surface area (Å²) in [5.41, 5.74) is -1.12. The molecule has 0 aliphatic heterocycles. The smallest absolute Gasteiger partial charge is 0.240 e. The predicted octanol–water partition coefficient (Wildman–Crippen LogP) is 2.31. The van der Waals surface area contributed by atoms with Crippen LogP contribution in [-0.4, -0.2) is 25.7 Å². The topological polar surface area (TPSA) is 66.4 Å². The van der Waals surface area contributed by atoms with Crippen LogP contribution in [-0.2, 0) is 10.0 Å². The second kappa shape index (κ2) is 6.17. The monoisotopic (exact) mass is 309 g/mol. The van der Waals surface area contributed by atoms with Gasteiger partial charge in [-0.15, -0.1) is 0 Å². The van der Waals surface area contributed by atoms with Crippen molar-refractivity contribution in [3.05, 3.63) is 29.0 Å². The molecule has 0 fully saturated rings. The molecule has 1 rings (SSSR count). The Morgan fingerprint density at radius 1 is 1.47 bits per heavy atom. The van der Waals surface area contributed by atoms with Crippen LogP contribution in [0.15, 0.2) is 23.1 Å². The minimum atomic E-state index is -3.81. The van der Waals surface area contributed by atoms with Gasteiger partial charge in [0.25, 0.3) is 0 Å². The predicted molar refractivity (Wildman–Crippen MR) is 72.1 cm³/mol. The fraction of sp³-hybridized carbons (Fsp3) is 0.500. The third-order valence-electron chi connectivity index (χ3n) is 2.63. The zero-order valence-corrected chi connectivity index (χ0v) is 12.4. The van der Waals surface area contributed by atoms with Crippen molar-refractivity contribution in [1.29, 1.82) is 0 Å². The van der Waals surface area contributed by atoms with E-state index in [1.165, 1.54) is 0 Å². The first-order valence-electron chi connectivity index (χ1n) is 5.85. The third kappa shape index (κ3) is 4.72. The van der Waals surface area contributed by atoms with Gasteiger partial charge in [0.2, 0.25) is 10.0 Å². The summed E-state index contributed by atoms with van der Waals surface area (Å²) in [5, 5.41) is 9.65. The molecule has 1 aromatic rings. The molecule has 108 valence electrons. The normalized spacial score (nSPS) is 15.2. The second-order valence-electron chi connectivity index (χ2n) is 4.65. The van der Waals surface area contributed by atoms with Crippen LogP contribution in [0.1, 0.15) is 26.7 Å². The largest absolute Gasteiger partial charge is 0.389 e. The van der Waals surface area contributed by atoms with Crippen LogP contribution in [0.5, 0.6) is 0 Å². The van der Waals surface area contributed by atoms with Crippen LogP contribution in [0.4, 0.5) is 4.39 Å². The van der Waals surface area contributed by atoms with Crippen LogP contribution in [0.3, 0.4) is 0 Å². The van der Waals surface area contributed by atoms with Gasteiger partial charge in [-0.3, -0.25) is 0 Å². The van der Waals surface area contributed by atoms with Crippen molar-refractivity contribution in [3.63, 3.8) is 0 Å². The molecule has 0 saturated carbocycles. The quantitative estimate of drug-likeness (QED) is 0.847. The van der Waals surface area contributed by atoms with Gasteiger partial charge in [-0.05, 0) is 31.5 Å². The molecule has 0 bridgehead atoms. The lowest BCUT2D eigenvalue weighted by molar-refractivity contribution is 0.0554. The summed E-state index contributed by atoms with van der Waals surface area (Å²) < 4.78 is 39.2. The zero-order chi connectivity index (χ0) is 14.7. The van der Waals surface area contributed by atoms with Gasteiger partial charge >= 0.3 is 0 Å². The fourth-order valence-corrected chi connectivity index (χ4v) is 3.04. The number of benzene rings is 1. The van der Waals surface area contributed by atoms with Gasteiger partial charge in [-0.1, -0.05) is 24.9 Å². The molecule has 1 atom stereocenters. The van der Waals surface area contributed by atoms with E-state index in [1.807, 2.05) is 6.92 Å². The molecule has 0 aliphatic carbocycles. The summed E-state index contributed by atoms with van der Waals surface area (Å²) in [6, 6.07) is 3.15. The Kier molecular flexibility index (Phi) is 5.32. The number of rotatable bonds is 6. The van der Waals surface area contributed by atoms with Crippen molar-refractivity contribution >= 4 is 21.6 Å². The number of aliphatic hydroxyl groups is 1. The summed E-state index contributed by atoms with van der Waals surface area (Å²) >= 11 is 5.54. The maximum atomic E-state index is 13.0. The SMILES string of the molecule is CCCC(C)(O)CNS(=O)(=O)c1ccc(F)c(Cl)c1. The van der Waals surface area contributed by atoms with Gasteiger partial charge in [0, 0.05) is 6.54 Å². The molecule has 0 heterocycles. The first kappa shape index (κ1) is 16.4. The molecular formula is C12H17ClFNO3S. The van der Waals surface area contributed by atoms with E-state index >= 15 is 0 Å². The van der Waals surface area contributed by atoms with E-state index in [1.54, 1.807) is 6.92 Å². The van der Waals surface area contributed by atoms with Crippen molar-refractivity contribution in [3.8, 4) is 0 Å². The molecule has 0 aromatic heterocycles. The Bertz CT molecular complexity index is 546. The van der Waals surface area contributed by atoms with Gasteiger partial charge in [-0.25, -0.2) is 17.5 Å². The summed E-state index contributed by atoms with van der Waals surface area (Å²) in [4.78, 5) is -0.133. The van der Waals surface area contributed by atoms with Crippen molar-refractivity contribution in [1.82, 2.24) is 4.72 Å². The molecule has 0 radical (unpaired) electrons. The molecular weight excluding hydrogens is 293 g/mol. The van der Waals surface area contributed by atoms with Crippen LogP contribution in [0, 0.1) is 5.82 Å². The van der Waals surface area contributed by atoms with E-state index in [9.17, 15) is 17.9 Å². The lowest BCUT2D eigenvalue weighted by Crippen LogP contribution is -2.40. The highest BCUT2D eigenvalue weighted by Gasteiger charge is 2.23. The molecule has 4 nitrogen and oxygen atoms in total. The van der Waals surface area contributed by atoms with Gasteiger partial charge in [0.15, 0.2) is 0 Å². The van der Waals surface area contributed by atoms with Gasteiger partial charge < -0.3 is 5.11 Å². The van der Waals surface area contributed by atoms with Crippen LogP contribution in [0.2, 0.25) is 5.02 Å². The van der Waals surface area contributed by atoms with Crippen molar-refractivity contribution < 1.29 is 17.9 Å². The number of nitrogens with one attached hydrogen (secondary N) is 1. The van der Waals surface area contributed by atoms with Crippen molar-refractivity contribution in [2.24, 2.45) is 0 Å². The maximum absolute atomic E-state index is 13.0. The summed E-state index contributed by atoms with van der Waals surface area (Å²) in [7, 11) is -3.81. The first-order chi connectivity index (χ1) is 8.68. The number of sulfonamides is 1. The highest BCUT2D eigenvalue weighted by atomic mass is 35.5. The summed E-state index contributed by atoms with van der Waals surface area (Å²) in [5.74, 6) is -0.682. The number of halogens is 2. The molecule has 19 heavy (non-hydrogen) atoms. The first-order valence-corrected chi connectivity index (χ1v) is 7.71. The fourth-order valence-electron chi connectivity index (χ4n) is 1.60. The minimum Gasteiger partial charge on any atom is -0.389 e. The Hall–Kier alpha value is -0.690. The molecule has 0 aliphatic rings. The average molecular weight is 310 g/mol. The molecule has 1 unspecified atom stereocenters. The van der Waals surface area contributed by atoms with E-state index < -0.39 is 21.4 Å². The highest BCUT2D eigenvalue weighted by molar-refractivity contribution is 7.89. The summed E-state index contributed by atoms with van der Waals surface area (Å²) in [6.07, 6.45) is 1.21. The third-order valence-corrected chi connectivity index (χ3v) is 4.32. The van der Waals surface area contributed by atoms with Crippen molar-refractivity contribution in [2.75, 3.05) is 6.54 Å². The number of hydrogen-bond donors (Lipinski definition) is 2. The molecule has 0 amide bonds. The van der Waals surface area contributed by atoms with E-state index in [2.05, 4.69) is 4.72 Å². The Balaban J connectivity index is 2.84. The minimum absolute atomic E-state index is 0.113. The maximum Gasteiger partial charge on any atom is 0.240 e. The lowest BCUT2D eigenvalue weighted by Gasteiger charge is -2.22. The van der Waals surface area contributed by atoms with Crippen LogP contribution >= 0.6 is 11.6 Å². The summed E-state index contributed by atoms with van der Waals surface area (Å²) in [6.45, 7) is 3.33. The highest BCUT2D eigenvalue weighted by Crippen LogP contribution is 2.20. The molecule has 2 N–H and O–H groups in total. The van der Waals surface area contributed by atoms with E-state index in [4.69, 9.17) is 11.6 Å². The lowest BCUT2D eigenvalue weighted by atomic mass is 10.0. The second-order valence-corrected chi connectivity index (χ2v) is 6.82. The van der Waals surface area contributed by atoms with Gasteiger partial charge in [0.05, 0.1) is 15.5 Å². The van der Waals surface area contributed by atoms with Gasteiger partial charge in [0.1, 0.15) is 5.82 Å². The van der Waals surface area contributed by atoms with E-state index in [0.29, 0.717) is 6.42 Å². The Morgan fingerprint density at radius 3 is 2.63 bits per heavy atom. The molecule has 1 aromatic carbocycles. The Labute approximate surface area is 117 Å². The molecule has 0 spiro atoms. The molecule has 0 saturated heterocycles. The van der Waals surface area contributed by atoms with Crippen LogP contribution in [0.25, 0.3) is 0 Å². The van der Waals surface area contributed by atoms with Crippen molar-refractivity contribution in [2.45, 2.75) is 37.2 Å². The average Bonchev–Trinajstić information content (AvgIpc) is 2.30. The molecule has 7 heteroatoms. The van der Waals surface area contributed by atoms with Crippen LogP contribution < -0.4 is 4.72 Å². The Morgan fingerprint density at radius 2 is 2.11 bits per heavy atom. The standard InChI is InChI=1S/C12H17ClFNO3S/c1-3-6-12(2,16)8-15-19(17,18)9-4-5-11(14)10(13)7-9/h4-5,7,15-16H,3,6,8H2,1-2H3.